The number of fused-ring (bicyclic) bond motifs is 2. The molecule has 0 radical (unpaired) electrons. The lowest BCUT2D eigenvalue weighted by Crippen LogP contribution is -2.56. The number of para-hydroxylation sites is 1. The van der Waals surface area contributed by atoms with E-state index in [1.165, 1.54) is 6.33 Å². The average Bonchev–Trinajstić information content (AvgIpc) is 3.91. The molecule has 6 amide bonds. The Bertz CT molecular complexity index is 2780. The third-order valence-electron chi connectivity index (χ3n) is 15.5. The fraction of sp³-hybridized carbons (Fsp3) is 0.462. The molecule has 3 N–H and O–H groups in total. The first-order valence-electron chi connectivity index (χ1n) is 25.1. The molecule has 11 rings (SSSR count). The number of urea groups is 1. The van der Waals surface area contributed by atoms with E-state index in [1.807, 2.05) is 71.6 Å². The third kappa shape index (κ3) is 9.10. The second-order valence-corrected chi connectivity index (χ2v) is 19.7. The fourth-order valence-electron chi connectivity index (χ4n) is 11.6. The molecule has 6 aliphatic heterocycles. The first kappa shape index (κ1) is 45.7. The van der Waals surface area contributed by atoms with Crippen LogP contribution < -0.4 is 15.8 Å². The molecule has 0 spiro atoms. The number of piperazine rings is 1. The van der Waals surface area contributed by atoms with Crippen LogP contribution in [0.3, 0.4) is 0 Å². The minimum atomic E-state index is -0.965. The standard InChI is InChI=1S/C52H60N12O6/c53-47-45-46(35-8-11-40(12-9-35)70-39-6-2-1-3-7-39)57-64(48(45)55-33-54-47)38-5-4-20-62(32-38)37-18-23-60(24-19-37)52(69)61-29-27-59(28-30-61)26-25-58-21-16-34(17-22-58)36-10-13-41-42(31-36)51(68)63(50(41)67)43-14-15-44(65)56-49(43)66/h1-3,6-13,31,33-34,37-38,43H,4-5,14-30,32H2,(H2,53,54,55)(H,56,65,66). The molecule has 2 atom stereocenters. The van der Waals surface area contributed by atoms with Crippen LogP contribution in [0.4, 0.5) is 10.6 Å². The maximum Gasteiger partial charge on any atom is 0.320 e. The van der Waals surface area contributed by atoms with Gasteiger partial charge in [0, 0.05) is 76.9 Å². The highest BCUT2D eigenvalue weighted by atomic mass is 16.5. The zero-order valence-corrected chi connectivity index (χ0v) is 39.5. The van der Waals surface area contributed by atoms with Gasteiger partial charge in [0.15, 0.2) is 5.65 Å². The van der Waals surface area contributed by atoms with Crippen LogP contribution in [0.15, 0.2) is 79.1 Å². The van der Waals surface area contributed by atoms with Crippen molar-refractivity contribution in [2.45, 2.75) is 75.4 Å². The number of ether oxygens (including phenoxy) is 1. The number of nitrogens with two attached hydrogens (primary N) is 1. The first-order valence-corrected chi connectivity index (χ1v) is 25.1. The van der Waals surface area contributed by atoms with Crippen LogP contribution in [0.25, 0.3) is 22.3 Å². The molecule has 3 aromatic carbocycles. The number of piperidine rings is 4. The van der Waals surface area contributed by atoms with Crippen molar-refractivity contribution in [3.8, 4) is 22.8 Å². The molecule has 5 fully saturated rings. The van der Waals surface area contributed by atoms with E-state index in [0.29, 0.717) is 23.0 Å². The van der Waals surface area contributed by atoms with Gasteiger partial charge in [-0.2, -0.15) is 5.10 Å². The van der Waals surface area contributed by atoms with Gasteiger partial charge in [-0.05, 0) is 125 Å². The number of likely N-dealkylation sites (tertiary alicyclic amines) is 3. The number of anilines is 1. The fourth-order valence-corrected chi connectivity index (χ4v) is 11.6. The van der Waals surface area contributed by atoms with E-state index in [-0.39, 0.29) is 36.7 Å². The molecule has 8 heterocycles. The summed E-state index contributed by atoms with van der Waals surface area (Å²) < 4.78 is 8.11. The molecule has 70 heavy (non-hydrogen) atoms. The van der Waals surface area contributed by atoms with Gasteiger partial charge in [0.2, 0.25) is 11.8 Å². The molecule has 2 aromatic heterocycles. The number of carbonyl (C=O) groups is 5. The summed E-state index contributed by atoms with van der Waals surface area (Å²) in [5.74, 6) is 0.277. The highest BCUT2D eigenvalue weighted by Crippen LogP contribution is 2.37. The minimum absolute atomic E-state index is 0.0971. The monoisotopic (exact) mass is 948 g/mol. The zero-order chi connectivity index (χ0) is 47.9. The third-order valence-corrected chi connectivity index (χ3v) is 15.5. The maximum atomic E-state index is 13.8. The molecule has 364 valence electrons. The van der Waals surface area contributed by atoms with E-state index in [1.54, 1.807) is 6.07 Å². The summed E-state index contributed by atoms with van der Waals surface area (Å²) in [5.41, 5.74) is 10.6. The van der Waals surface area contributed by atoms with Crippen LogP contribution in [0.2, 0.25) is 0 Å². The molecule has 0 aliphatic carbocycles. The van der Waals surface area contributed by atoms with Crippen molar-refractivity contribution in [2.24, 2.45) is 0 Å². The van der Waals surface area contributed by atoms with E-state index >= 15 is 0 Å². The van der Waals surface area contributed by atoms with Crippen LogP contribution in [-0.4, -0.2) is 169 Å². The van der Waals surface area contributed by atoms with Gasteiger partial charge in [-0.3, -0.25) is 39.2 Å². The number of nitrogens with zero attached hydrogens (tertiary/aromatic N) is 10. The lowest BCUT2D eigenvalue weighted by molar-refractivity contribution is -0.136. The van der Waals surface area contributed by atoms with Crippen molar-refractivity contribution in [1.29, 1.82) is 0 Å². The van der Waals surface area contributed by atoms with Gasteiger partial charge in [0.05, 0.1) is 22.6 Å². The molecule has 5 aromatic rings. The number of carbonyl (C=O) groups excluding carboxylic acids is 5. The van der Waals surface area contributed by atoms with Gasteiger partial charge >= 0.3 is 6.03 Å². The lowest BCUT2D eigenvalue weighted by atomic mass is 9.88. The summed E-state index contributed by atoms with van der Waals surface area (Å²) in [6.45, 7) is 10.4. The number of benzene rings is 3. The Hall–Kier alpha value is -6.76. The van der Waals surface area contributed by atoms with Crippen LogP contribution in [0.1, 0.15) is 89.6 Å². The van der Waals surface area contributed by atoms with Gasteiger partial charge in [-0.25, -0.2) is 19.4 Å². The Morgan fingerprint density at radius 2 is 1.40 bits per heavy atom. The Morgan fingerprint density at radius 3 is 2.14 bits per heavy atom. The molecule has 18 heteroatoms. The van der Waals surface area contributed by atoms with Gasteiger partial charge in [0.25, 0.3) is 11.8 Å². The van der Waals surface area contributed by atoms with Gasteiger partial charge in [-0.1, -0.05) is 24.3 Å². The van der Waals surface area contributed by atoms with Crippen molar-refractivity contribution in [1.82, 2.24) is 54.5 Å². The summed E-state index contributed by atoms with van der Waals surface area (Å²) in [6, 6.07) is 22.8. The molecular weight excluding hydrogens is 889 g/mol. The number of aromatic nitrogens is 4. The van der Waals surface area contributed by atoms with Gasteiger partial charge in [0.1, 0.15) is 35.4 Å². The summed E-state index contributed by atoms with van der Waals surface area (Å²) in [4.78, 5) is 86.3. The van der Waals surface area contributed by atoms with Crippen LogP contribution in [0.5, 0.6) is 11.5 Å². The normalized spacial score (nSPS) is 22.5. The Labute approximate surface area is 406 Å². The number of hydrogen-bond acceptors (Lipinski definition) is 13. The number of nitrogen functional groups attached to an aromatic ring is 1. The highest BCUT2D eigenvalue weighted by Gasteiger charge is 2.45. The lowest BCUT2D eigenvalue weighted by Gasteiger charge is -2.44. The Morgan fingerprint density at radius 1 is 0.700 bits per heavy atom. The maximum absolute atomic E-state index is 13.8. The molecule has 0 bridgehead atoms. The summed E-state index contributed by atoms with van der Waals surface area (Å²) >= 11 is 0. The van der Waals surface area contributed by atoms with E-state index in [4.69, 9.17) is 20.6 Å². The minimum Gasteiger partial charge on any atom is -0.457 e. The predicted molar refractivity (Wildman–Crippen MR) is 261 cm³/mol. The van der Waals surface area contributed by atoms with Crippen molar-refractivity contribution < 1.29 is 28.7 Å². The Balaban J connectivity index is 0.625. The Kier molecular flexibility index (Phi) is 12.8. The topological polar surface area (TPSA) is 196 Å². The van der Waals surface area contributed by atoms with Crippen LogP contribution in [0, 0.1) is 0 Å². The molecular formula is C52H60N12O6. The summed E-state index contributed by atoms with van der Waals surface area (Å²) in [5, 5.41) is 8.20. The largest absolute Gasteiger partial charge is 0.457 e. The summed E-state index contributed by atoms with van der Waals surface area (Å²) in [6.07, 6.45) is 7.59. The molecule has 0 saturated carbocycles. The van der Waals surface area contributed by atoms with E-state index in [2.05, 4.69) is 34.6 Å². The number of amides is 6. The number of rotatable bonds is 10. The molecule has 18 nitrogen and oxygen atoms in total. The highest BCUT2D eigenvalue weighted by molar-refractivity contribution is 6.23. The smallest absolute Gasteiger partial charge is 0.320 e. The van der Waals surface area contributed by atoms with Crippen LogP contribution in [-0.2, 0) is 9.59 Å². The number of nitrogens with one attached hydrogen (secondary N) is 1. The van der Waals surface area contributed by atoms with Crippen molar-refractivity contribution in [3.63, 3.8) is 0 Å². The van der Waals surface area contributed by atoms with Gasteiger partial charge in [-0.15, -0.1) is 0 Å². The van der Waals surface area contributed by atoms with E-state index in [9.17, 15) is 24.0 Å². The molecule has 2 unspecified atom stereocenters. The quantitative estimate of drug-likeness (QED) is 0.178. The zero-order valence-electron chi connectivity index (χ0n) is 39.5. The number of hydrogen-bond donors (Lipinski definition) is 2. The van der Waals surface area contributed by atoms with Crippen molar-refractivity contribution in [2.75, 3.05) is 84.3 Å². The molecule has 5 saturated heterocycles. The second kappa shape index (κ2) is 19.6. The predicted octanol–water partition coefficient (Wildman–Crippen LogP) is 4.99. The molecule has 6 aliphatic rings. The van der Waals surface area contributed by atoms with Crippen LogP contribution >= 0.6 is 0 Å². The van der Waals surface area contributed by atoms with Gasteiger partial charge < -0.3 is 25.2 Å². The SMILES string of the molecule is Nc1ncnc2c1c(-c1ccc(Oc3ccccc3)cc1)nn2C1CCCN(C2CCN(C(=O)N3CCN(CCN4CCC(c5ccc6c(c5)C(=O)N(C5CCC(=O)NC5=O)C6=O)CC4)CC3)CC2)C1. The van der Waals surface area contributed by atoms with E-state index < -0.39 is 23.8 Å². The summed E-state index contributed by atoms with van der Waals surface area (Å²) in [7, 11) is 0. The van der Waals surface area contributed by atoms with Crippen molar-refractivity contribution >= 4 is 46.5 Å². The first-order chi connectivity index (χ1) is 34.1. The number of imide groups is 2. The second-order valence-electron chi connectivity index (χ2n) is 19.7. The van der Waals surface area contributed by atoms with E-state index in [0.717, 1.165) is 161 Å². The van der Waals surface area contributed by atoms with Crippen molar-refractivity contribution in [3.05, 3.63) is 95.8 Å². The average molecular weight is 949 g/mol.